The summed E-state index contributed by atoms with van der Waals surface area (Å²) in [6.07, 6.45) is 12.7. The standard InChI is InChI=1S/C24H30OSi2/c1-26(2,21-13-11-19-23-15-7-5-8-16-23)25-27(3,4)22-14-12-20-24-17-9-6-10-18-24/h5-22H,1-4H3/b19-11+,20-12+,21-13+,22-14+. The molecule has 2 aromatic rings. The molecule has 0 aliphatic rings. The van der Waals surface area contributed by atoms with E-state index in [1.54, 1.807) is 0 Å². The zero-order valence-corrected chi connectivity index (χ0v) is 18.8. The number of rotatable bonds is 8. The molecule has 3 heteroatoms. The van der Waals surface area contributed by atoms with Crippen molar-refractivity contribution in [2.45, 2.75) is 26.2 Å². The first kappa shape index (κ1) is 21.1. The third kappa shape index (κ3) is 8.82. The molecular formula is C24H30OSi2. The smallest absolute Gasteiger partial charge is 0.198 e. The quantitative estimate of drug-likeness (QED) is 0.347. The second kappa shape index (κ2) is 10.2. The molecule has 0 unspecified atom stereocenters. The summed E-state index contributed by atoms with van der Waals surface area (Å²) in [6.45, 7) is 9.01. The van der Waals surface area contributed by atoms with Crippen LogP contribution >= 0.6 is 0 Å². The van der Waals surface area contributed by atoms with Crippen LogP contribution in [0.5, 0.6) is 0 Å². The summed E-state index contributed by atoms with van der Waals surface area (Å²) in [5, 5.41) is 0. The first-order chi connectivity index (χ1) is 12.9. The van der Waals surface area contributed by atoms with E-state index in [0.29, 0.717) is 0 Å². The van der Waals surface area contributed by atoms with Crippen molar-refractivity contribution in [3.8, 4) is 0 Å². The van der Waals surface area contributed by atoms with Gasteiger partial charge in [-0.2, -0.15) is 0 Å². The van der Waals surface area contributed by atoms with Gasteiger partial charge in [0.2, 0.25) is 0 Å². The number of benzene rings is 2. The van der Waals surface area contributed by atoms with Crippen LogP contribution in [0.25, 0.3) is 12.2 Å². The fourth-order valence-electron chi connectivity index (χ4n) is 2.78. The molecule has 27 heavy (non-hydrogen) atoms. The fourth-order valence-corrected chi connectivity index (χ4v) is 9.90. The maximum atomic E-state index is 6.57. The minimum absolute atomic E-state index is 1.21. The van der Waals surface area contributed by atoms with Crippen LogP contribution < -0.4 is 0 Å². The third-order valence-electron chi connectivity index (χ3n) is 3.92. The molecule has 0 fully saturated rings. The summed E-state index contributed by atoms with van der Waals surface area (Å²) >= 11 is 0. The molecule has 2 rings (SSSR count). The monoisotopic (exact) mass is 390 g/mol. The fraction of sp³-hybridized carbons (Fsp3) is 0.167. The predicted octanol–water partition coefficient (Wildman–Crippen LogP) is 7.03. The summed E-state index contributed by atoms with van der Waals surface area (Å²) in [5.74, 6) is 0. The Morgan fingerprint density at radius 2 is 0.926 bits per heavy atom. The summed E-state index contributed by atoms with van der Waals surface area (Å²) in [5.41, 5.74) is 6.94. The van der Waals surface area contributed by atoms with Crippen LogP contribution in [0.15, 0.2) is 96.4 Å². The minimum Gasteiger partial charge on any atom is -0.449 e. The van der Waals surface area contributed by atoms with Crippen LogP contribution in [0, 0.1) is 0 Å². The predicted molar refractivity (Wildman–Crippen MR) is 125 cm³/mol. The van der Waals surface area contributed by atoms with Gasteiger partial charge in [0.1, 0.15) is 0 Å². The lowest BCUT2D eigenvalue weighted by Crippen LogP contribution is -2.42. The van der Waals surface area contributed by atoms with E-state index in [1.165, 1.54) is 11.1 Å². The molecule has 0 radical (unpaired) electrons. The van der Waals surface area contributed by atoms with E-state index in [0.717, 1.165) is 0 Å². The Kier molecular flexibility index (Phi) is 7.98. The Hall–Kier alpha value is -2.21. The van der Waals surface area contributed by atoms with E-state index < -0.39 is 16.6 Å². The van der Waals surface area contributed by atoms with Gasteiger partial charge in [-0.25, -0.2) is 0 Å². The molecule has 140 valence electrons. The highest BCUT2D eigenvalue weighted by Crippen LogP contribution is 2.17. The molecule has 0 saturated heterocycles. The van der Waals surface area contributed by atoms with Gasteiger partial charge in [-0.1, -0.05) is 109 Å². The first-order valence-corrected chi connectivity index (χ1v) is 15.4. The summed E-state index contributed by atoms with van der Waals surface area (Å²) < 4.78 is 6.57. The van der Waals surface area contributed by atoms with Crippen LogP contribution in [0.4, 0.5) is 0 Å². The molecule has 0 spiro atoms. The molecule has 0 aliphatic heterocycles. The van der Waals surface area contributed by atoms with E-state index in [-0.39, 0.29) is 0 Å². The van der Waals surface area contributed by atoms with Crippen molar-refractivity contribution in [1.29, 1.82) is 0 Å². The Morgan fingerprint density at radius 1 is 0.556 bits per heavy atom. The largest absolute Gasteiger partial charge is 0.449 e. The number of allylic oxidation sites excluding steroid dienone is 4. The van der Waals surface area contributed by atoms with E-state index >= 15 is 0 Å². The average molecular weight is 391 g/mol. The molecule has 0 aliphatic carbocycles. The van der Waals surface area contributed by atoms with E-state index in [2.05, 4.69) is 123 Å². The second-order valence-corrected chi connectivity index (χ2v) is 15.5. The van der Waals surface area contributed by atoms with E-state index in [4.69, 9.17) is 4.12 Å². The topological polar surface area (TPSA) is 9.23 Å². The van der Waals surface area contributed by atoms with Crippen molar-refractivity contribution in [1.82, 2.24) is 0 Å². The first-order valence-electron chi connectivity index (χ1n) is 9.38. The molecule has 1 nitrogen and oxygen atoms in total. The van der Waals surface area contributed by atoms with Crippen molar-refractivity contribution >= 4 is 28.8 Å². The van der Waals surface area contributed by atoms with Gasteiger partial charge in [-0.15, -0.1) is 0 Å². The molecule has 0 amide bonds. The van der Waals surface area contributed by atoms with Crippen LogP contribution in [0.3, 0.4) is 0 Å². The Morgan fingerprint density at radius 3 is 1.30 bits per heavy atom. The van der Waals surface area contributed by atoms with Gasteiger partial charge in [0.05, 0.1) is 0 Å². The highest BCUT2D eigenvalue weighted by Gasteiger charge is 2.28. The van der Waals surface area contributed by atoms with Crippen molar-refractivity contribution in [3.63, 3.8) is 0 Å². The van der Waals surface area contributed by atoms with Crippen LogP contribution in [-0.4, -0.2) is 16.6 Å². The number of hydrogen-bond acceptors (Lipinski definition) is 1. The lowest BCUT2D eigenvalue weighted by molar-refractivity contribution is 0.571. The Balaban J connectivity index is 1.90. The highest BCUT2D eigenvalue weighted by molar-refractivity contribution is 6.89. The zero-order valence-electron chi connectivity index (χ0n) is 16.8. The second-order valence-electron chi connectivity index (χ2n) is 7.57. The van der Waals surface area contributed by atoms with Crippen molar-refractivity contribution in [2.24, 2.45) is 0 Å². The summed E-state index contributed by atoms with van der Waals surface area (Å²) in [7, 11) is -3.69. The maximum Gasteiger partial charge on any atom is 0.198 e. The SMILES string of the molecule is C[Si](C)(/C=C/C=C/c1ccccc1)O[Si](C)(C)/C=C/C=C/c1ccccc1. The van der Waals surface area contributed by atoms with Crippen LogP contribution in [-0.2, 0) is 4.12 Å². The molecule has 0 bridgehead atoms. The van der Waals surface area contributed by atoms with Crippen molar-refractivity contribution in [3.05, 3.63) is 107 Å². The molecule has 0 heterocycles. The normalized spacial score (nSPS) is 13.5. The minimum atomic E-state index is -1.85. The Bertz CT molecular complexity index is 731. The molecule has 0 aromatic heterocycles. The highest BCUT2D eigenvalue weighted by atomic mass is 28.4. The molecule has 0 N–H and O–H groups in total. The Labute approximate surface area is 166 Å². The van der Waals surface area contributed by atoms with Gasteiger partial charge in [-0.3, -0.25) is 0 Å². The average Bonchev–Trinajstić information content (AvgIpc) is 2.63. The molecule has 0 saturated carbocycles. The maximum absolute atomic E-state index is 6.57. The summed E-state index contributed by atoms with van der Waals surface area (Å²) in [4.78, 5) is 0. The zero-order chi connectivity index (χ0) is 19.6. The van der Waals surface area contributed by atoms with Crippen LogP contribution in [0.2, 0.25) is 26.2 Å². The lowest BCUT2D eigenvalue weighted by Gasteiger charge is -2.29. The van der Waals surface area contributed by atoms with Gasteiger partial charge in [0, 0.05) is 0 Å². The van der Waals surface area contributed by atoms with Crippen molar-refractivity contribution < 1.29 is 4.12 Å². The van der Waals surface area contributed by atoms with E-state index in [9.17, 15) is 0 Å². The van der Waals surface area contributed by atoms with Gasteiger partial charge in [0.15, 0.2) is 16.6 Å². The van der Waals surface area contributed by atoms with Crippen LogP contribution in [0.1, 0.15) is 11.1 Å². The molecular weight excluding hydrogens is 360 g/mol. The number of hydrogen-bond donors (Lipinski definition) is 0. The third-order valence-corrected chi connectivity index (χ3v) is 10.1. The summed E-state index contributed by atoms with van der Waals surface area (Å²) in [6, 6.07) is 20.7. The van der Waals surface area contributed by atoms with Crippen molar-refractivity contribution in [2.75, 3.05) is 0 Å². The molecule has 0 atom stereocenters. The van der Waals surface area contributed by atoms with Gasteiger partial charge < -0.3 is 4.12 Å². The van der Waals surface area contributed by atoms with Gasteiger partial charge >= 0.3 is 0 Å². The molecule has 2 aromatic carbocycles. The lowest BCUT2D eigenvalue weighted by atomic mass is 10.2. The van der Waals surface area contributed by atoms with Gasteiger partial charge in [0.25, 0.3) is 0 Å². The van der Waals surface area contributed by atoms with Gasteiger partial charge in [-0.05, 0) is 37.3 Å². The van der Waals surface area contributed by atoms with E-state index in [1.807, 2.05) is 12.1 Å².